The van der Waals surface area contributed by atoms with Crippen LogP contribution in [-0.4, -0.2) is 21.0 Å². The molecule has 1 atom stereocenters. The smallest absolute Gasteiger partial charge is 0.0738 e. The number of rotatable bonds is 0. The summed E-state index contributed by atoms with van der Waals surface area (Å²) in [5.74, 6) is 0. The van der Waals surface area contributed by atoms with Gasteiger partial charge in [0.15, 0.2) is 0 Å². The molecule has 0 aliphatic carbocycles. The van der Waals surface area contributed by atoms with Crippen LogP contribution in [0, 0.1) is 0 Å². The van der Waals surface area contributed by atoms with Crippen LogP contribution in [0.2, 0.25) is 0 Å². The quantitative estimate of drug-likeness (QED) is 0.538. The van der Waals surface area contributed by atoms with Gasteiger partial charge in [-0.25, -0.2) is 4.68 Å². The number of hydrogen-bond acceptors (Lipinski definition) is 3. The number of nitrogens with one attached hydrogen (secondary N) is 1. The maximum Gasteiger partial charge on any atom is 0.0738 e. The largest absolute Gasteiger partial charge is 0.307 e. The minimum absolute atomic E-state index is 0.522. The maximum absolute atomic E-state index is 3.93. The Hall–Kier alpha value is -0.900. The van der Waals surface area contributed by atoms with Crippen LogP contribution in [0.1, 0.15) is 12.6 Å². The molecule has 0 amide bonds. The minimum atomic E-state index is 0.522. The van der Waals surface area contributed by atoms with Gasteiger partial charge in [-0.15, -0.1) is 5.10 Å². The molecule has 1 aliphatic heterocycles. The summed E-state index contributed by atoms with van der Waals surface area (Å²) in [6.07, 6.45) is 1.80. The lowest BCUT2D eigenvalue weighted by Crippen LogP contribution is -2.36. The molecule has 2 rings (SSSR count). The van der Waals surface area contributed by atoms with Crippen molar-refractivity contribution < 1.29 is 0 Å². The number of aromatic nitrogens is 3. The molecule has 0 fully saturated rings. The molecule has 2 heterocycles. The number of fused-ring (bicyclic) bond motifs is 1. The summed E-state index contributed by atoms with van der Waals surface area (Å²) in [4.78, 5) is 0. The van der Waals surface area contributed by atoms with Crippen molar-refractivity contribution in [3.63, 3.8) is 0 Å². The van der Waals surface area contributed by atoms with Crippen molar-refractivity contribution in [2.45, 2.75) is 26.1 Å². The van der Waals surface area contributed by atoms with Crippen LogP contribution < -0.4 is 5.32 Å². The molecule has 0 spiro atoms. The molecule has 1 aromatic rings. The Morgan fingerprint density at radius 1 is 1.80 bits per heavy atom. The normalized spacial score (nSPS) is 24.3. The van der Waals surface area contributed by atoms with Crippen molar-refractivity contribution in [1.82, 2.24) is 20.3 Å². The second-order valence-corrected chi connectivity index (χ2v) is 2.69. The fraction of sp³-hybridized carbons (Fsp3) is 0.667. The second kappa shape index (κ2) is 2.05. The zero-order valence-corrected chi connectivity index (χ0v) is 5.91. The van der Waals surface area contributed by atoms with E-state index in [0.717, 1.165) is 13.1 Å². The van der Waals surface area contributed by atoms with Gasteiger partial charge >= 0.3 is 0 Å². The van der Waals surface area contributed by atoms with Crippen LogP contribution in [0.15, 0.2) is 6.20 Å². The zero-order chi connectivity index (χ0) is 6.97. The van der Waals surface area contributed by atoms with Gasteiger partial charge < -0.3 is 5.32 Å². The highest BCUT2D eigenvalue weighted by atomic mass is 15.4. The van der Waals surface area contributed by atoms with Crippen LogP contribution in [0.4, 0.5) is 0 Å². The first-order valence-corrected chi connectivity index (χ1v) is 3.47. The van der Waals surface area contributed by atoms with E-state index in [-0.39, 0.29) is 0 Å². The van der Waals surface area contributed by atoms with Crippen molar-refractivity contribution in [2.24, 2.45) is 0 Å². The van der Waals surface area contributed by atoms with Gasteiger partial charge in [0.25, 0.3) is 0 Å². The Kier molecular flexibility index (Phi) is 1.20. The fourth-order valence-electron chi connectivity index (χ4n) is 1.17. The second-order valence-electron chi connectivity index (χ2n) is 2.69. The molecule has 10 heavy (non-hydrogen) atoms. The molecule has 0 saturated heterocycles. The van der Waals surface area contributed by atoms with Gasteiger partial charge in [0.05, 0.1) is 18.4 Å². The minimum Gasteiger partial charge on any atom is -0.307 e. The molecule has 0 aromatic carbocycles. The molecule has 54 valence electrons. The van der Waals surface area contributed by atoms with Crippen molar-refractivity contribution in [3.05, 3.63) is 11.9 Å². The van der Waals surface area contributed by atoms with E-state index in [1.54, 1.807) is 6.20 Å². The van der Waals surface area contributed by atoms with E-state index in [1.807, 2.05) is 4.68 Å². The topological polar surface area (TPSA) is 42.7 Å². The van der Waals surface area contributed by atoms with Crippen molar-refractivity contribution in [3.8, 4) is 0 Å². The first kappa shape index (κ1) is 5.85. The predicted octanol–water partition coefficient (Wildman–Crippen LogP) is -0.230. The van der Waals surface area contributed by atoms with Crippen LogP contribution in [0.3, 0.4) is 0 Å². The molecule has 0 bridgehead atoms. The summed E-state index contributed by atoms with van der Waals surface area (Å²) >= 11 is 0. The lowest BCUT2D eigenvalue weighted by atomic mass is 10.2. The van der Waals surface area contributed by atoms with Crippen molar-refractivity contribution in [1.29, 1.82) is 0 Å². The van der Waals surface area contributed by atoms with Crippen LogP contribution >= 0.6 is 0 Å². The summed E-state index contributed by atoms with van der Waals surface area (Å²) in [6.45, 7) is 3.98. The van der Waals surface area contributed by atoms with E-state index < -0.39 is 0 Å². The first-order valence-electron chi connectivity index (χ1n) is 3.47. The van der Waals surface area contributed by atoms with E-state index in [4.69, 9.17) is 0 Å². The first-order chi connectivity index (χ1) is 4.86. The Morgan fingerprint density at radius 2 is 2.70 bits per heavy atom. The lowest BCUT2D eigenvalue weighted by molar-refractivity contribution is 0.384. The third-order valence-electron chi connectivity index (χ3n) is 1.78. The van der Waals surface area contributed by atoms with E-state index in [2.05, 4.69) is 22.6 Å². The van der Waals surface area contributed by atoms with Crippen LogP contribution in [0.25, 0.3) is 0 Å². The Bertz CT molecular complexity index is 229. The average molecular weight is 138 g/mol. The van der Waals surface area contributed by atoms with Gasteiger partial charge in [0, 0.05) is 12.6 Å². The summed E-state index contributed by atoms with van der Waals surface area (Å²) < 4.78 is 1.95. The average Bonchev–Trinajstić information content (AvgIpc) is 2.33. The lowest BCUT2D eigenvalue weighted by Gasteiger charge is -2.20. The molecule has 1 unspecified atom stereocenters. The van der Waals surface area contributed by atoms with E-state index in [0.29, 0.717) is 6.04 Å². The van der Waals surface area contributed by atoms with E-state index in [9.17, 15) is 0 Å². The van der Waals surface area contributed by atoms with Crippen LogP contribution in [-0.2, 0) is 13.1 Å². The molecule has 4 heteroatoms. The zero-order valence-electron chi connectivity index (χ0n) is 5.91. The summed E-state index contributed by atoms with van der Waals surface area (Å²) in [7, 11) is 0. The highest BCUT2D eigenvalue weighted by molar-refractivity contribution is 4.96. The Morgan fingerprint density at radius 3 is 3.60 bits per heavy atom. The monoisotopic (exact) mass is 138 g/mol. The highest BCUT2D eigenvalue weighted by Gasteiger charge is 2.13. The SMILES string of the molecule is CC1Cn2nncc2CN1. The molecule has 1 N–H and O–H groups in total. The Labute approximate surface area is 59.2 Å². The molecular formula is C6H10N4. The number of nitrogens with zero attached hydrogens (tertiary/aromatic N) is 3. The molecule has 1 aliphatic rings. The third kappa shape index (κ3) is 0.806. The van der Waals surface area contributed by atoms with Crippen molar-refractivity contribution >= 4 is 0 Å². The van der Waals surface area contributed by atoms with E-state index in [1.165, 1.54) is 5.69 Å². The predicted molar refractivity (Wildman–Crippen MR) is 36.3 cm³/mol. The highest BCUT2D eigenvalue weighted by Crippen LogP contribution is 2.03. The summed E-state index contributed by atoms with van der Waals surface area (Å²) in [5, 5.41) is 11.1. The van der Waals surface area contributed by atoms with Gasteiger partial charge in [0.1, 0.15) is 0 Å². The summed E-state index contributed by atoms with van der Waals surface area (Å²) in [6, 6.07) is 0.522. The molecule has 0 saturated carbocycles. The molecular weight excluding hydrogens is 128 g/mol. The van der Waals surface area contributed by atoms with Gasteiger partial charge in [-0.3, -0.25) is 0 Å². The molecule has 4 nitrogen and oxygen atoms in total. The number of hydrogen-bond donors (Lipinski definition) is 1. The maximum atomic E-state index is 3.93. The molecule has 1 aromatic heterocycles. The van der Waals surface area contributed by atoms with Gasteiger partial charge in [-0.2, -0.15) is 0 Å². The third-order valence-corrected chi connectivity index (χ3v) is 1.78. The van der Waals surface area contributed by atoms with Crippen LogP contribution in [0.5, 0.6) is 0 Å². The Balaban J connectivity index is 2.30. The van der Waals surface area contributed by atoms with Crippen molar-refractivity contribution in [2.75, 3.05) is 0 Å². The fourth-order valence-corrected chi connectivity index (χ4v) is 1.17. The van der Waals surface area contributed by atoms with E-state index >= 15 is 0 Å². The summed E-state index contributed by atoms with van der Waals surface area (Å²) in [5.41, 5.74) is 1.18. The van der Waals surface area contributed by atoms with Gasteiger partial charge in [-0.1, -0.05) is 5.21 Å². The van der Waals surface area contributed by atoms with Gasteiger partial charge in [-0.05, 0) is 6.92 Å². The van der Waals surface area contributed by atoms with Gasteiger partial charge in [0.2, 0.25) is 0 Å². The molecule has 0 radical (unpaired) electrons. The standard InChI is InChI=1S/C6H10N4/c1-5-4-10-6(2-7-5)3-8-9-10/h3,5,7H,2,4H2,1H3.